The summed E-state index contributed by atoms with van der Waals surface area (Å²) in [6, 6.07) is 8.34. The maximum atomic E-state index is 11.6. The molecule has 0 bridgehead atoms. The molecule has 1 amide bonds. The number of hydrogen-bond donors (Lipinski definition) is 0. The van der Waals surface area contributed by atoms with Gasteiger partial charge in [0.25, 0.3) is 0 Å². The van der Waals surface area contributed by atoms with Crippen LogP contribution in [0.1, 0.15) is 25.7 Å². The summed E-state index contributed by atoms with van der Waals surface area (Å²) in [7, 11) is 1.70. The maximum Gasteiger partial charge on any atom is 0.222 e. The average molecular weight is 368 g/mol. The summed E-state index contributed by atoms with van der Waals surface area (Å²) < 4.78 is 5.22. The molecule has 25 heavy (non-hydrogen) atoms. The van der Waals surface area contributed by atoms with Crippen molar-refractivity contribution in [2.24, 2.45) is 0 Å². The maximum absolute atomic E-state index is 11.6. The van der Waals surface area contributed by atoms with Crippen molar-refractivity contribution in [3.8, 4) is 5.75 Å². The molecule has 0 atom stereocenters. The Bertz CT molecular complexity index is 530. The largest absolute Gasteiger partial charge is 0.497 e. The second-order valence-electron chi connectivity index (χ2n) is 6.72. The first-order valence-corrected chi connectivity index (χ1v) is 9.15. The average Bonchev–Trinajstić information content (AvgIpc) is 3.04. The first kappa shape index (κ1) is 19.9. The number of halogens is 1. The van der Waals surface area contributed by atoms with Gasteiger partial charge in [0.05, 0.1) is 7.11 Å². The molecular weight excluding hydrogens is 338 g/mol. The lowest BCUT2D eigenvalue weighted by Gasteiger charge is -2.36. The van der Waals surface area contributed by atoms with Gasteiger partial charge in [-0.05, 0) is 50.1 Å². The summed E-state index contributed by atoms with van der Waals surface area (Å²) in [6.07, 6.45) is 4.12. The predicted molar refractivity (Wildman–Crippen MR) is 104 cm³/mol. The van der Waals surface area contributed by atoms with Crippen molar-refractivity contribution < 1.29 is 9.53 Å². The zero-order valence-corrected chi connectivity index (χ0v) is 16.0. The zero-order chi connectivity index (χ0) is 16.8. The Balaban J connectivity index is 0.00000225. The SMILES string of the molecule is COc1ccc(N2CCN(CCCCN3CCCC3=O)CC2)cc1.Cl. The summed E-state index contributed by atoms with van der Waals surface area (Å²) in [5.74, 6) is 1.26. The molecule has 2 saturated heterocycles. The molecule has 0 saturated carbocycles. The normalized spacial score (nSPS) is 18.4. The third-order valence-electron chi connectivity index (χ3n) is 5.13. The molecule has 2 aliphatic heterocycles. The number of likely N-dealkylation sites (tertiary alicyclic amines) is 1. The Kier molecular flexibility index (Phi) is 7.85. The lowest BCUT2D eigenvalue weighted by Crippen LogP contribution is -2.46. The third kappa shape index (κ3) is 5.51. The van der Waals surface area contributed by atoms with Crippen molar-refractivity contribution in [1.29, 1.82) is 0 Å². The number of unbranched alkanes of at least 4 members (excludes halogenated alkanes) is 1. The lowest BCUT2D eigenvalue weighted by molar-refractivity contribution is -0.127. The quantitative estimate of drug-likeness (QED) is 0.694. The predicted octanol–water partition coefficient (Wildman–Crippen LogP) is 2.64. The van der Waals surface area contributed by atoms with E-state index in [4.69, 9.17) is 4.74 Å². The molecule has 0 N–H and O–H groups in total. The van der Waals surface area contributed by atoms with Crippen molar-refractivity contribution in [2.45, 2.75) is 25.7 Å². The Hall–Kier alpha value is -1.46. The van der Waals surface area contributed by atoms with E-state index in [1.54, 1.807) is 7.11 Å². The van der Waals surface area contributed by atoms with Crippen LogP contribution >= 0.6 is 12.4 Å². The van der Waals surface area contributed by atoms with E-state index in [1.807, 2.05) is 17.0 Å². The fraction of sp³-hybridized carbons (Fsp3) is 0.632. The van der Waals surface area contributed by atoms with Gasteiger partial charge in [0.15, 0.2) is 0 Å². The molecule has 0 aliphatic carbocycles. The highest BCUT2D eigenvalue weighted by atomic mass is 35.5. The van der Waals surface area contributed by atoms with Crippen LogP contribution < -0.4 is 9.64 Å². The number of carbonyl (C=O) groups excluding carboxylic acids is 1. The van der Waals surface area contributed by atoms with E-state index in [2.05, 4.69) is 21.9 Å². The number of methoxy groups -OCH3 is 1. The minimum Gasteiger partial charge on any atom is -0.497 e. The van der Waals surface area contributed by atoms with Crippen LogP contribution in [0.5, 0.6) is 5.75 Å². The molecule has 1 aromatic carbocycles. The molecule has 5 nitrogen and oxygen atoms in total. The molecule has 2 aliphatic rings. The molecule has 2 heterocycles. The molecule has 3 rings (SSSR count). The highest BCUT2D eigenvalue weighted by Gasteiger charge is 2.20. The minimum absolute atomic E-state index is 0. The first-order chi connectivity index (χ1) is 11.8. The number of amides is 1. The zero-order valence-electron chi connectivity index (χ0n) is 15.2. The van der Waals surface area contributed by atoms with E-state index in [-0.39, 0.29) is 12.4 Å². The van der Waals surface area contributed by atoms with Gasteiger partial charge in [-0.3, -0.25) is 9.69 Å². The number of piperazine rings is 1. The Labute approximate surface area is 157 Å². The molecule has 2 fully saturated rings. The minimum atomic E-state index is 0. The van der Waals surface area contributed by atoms with Gasteiger partial charge >= 0.3 is 0 Å². The second-order valence-corrected chi connectivity index (χ2v) is 6.72. The molecule has 6 heteroatoms. The molecule has 140 valence electrons. The highest BCUT2D eigenvalue weighted by molar-refractivity contribution is 5.85. The highest BCUT2D eigenvalue weighted by Crippen LogP contribution is 2.20. The van der Waals surface area contributed by atoms with Gasteiger partial charge in [-0.1, -0.05) is 0 Å². The van der Waals surface area contributed by atoms with Crippen molar-refractivity contribution in [3.63, 3.8) is 0 Å². The smallest absolute Gasteiger partial charge is 0.222 e. The van der Waals surface area contributed by atoms with Gasteiger partial charge in [-0.15, -0.1) is 12.4 Å². The summed E-state index contributed by atoms with van der Waals surface area (Å²) in [5, 5.41) is 0. The lowest BCUT2D eigenvalue weighted by atomic mass is 10.2. The molecular formula is C19H30ClN3O2. The number of anilines is 1. The van der Waals surface area contributed by atoms with Gasteiger partial charge in [-0.2, -0.15) is 0 Å². The fourth-order valence-corrected chi connectivity index (χ4v) is 3.60. The number of nitrogens with zero attached hydrogens (tertiary/aromatic N) is 3. The number of carbonyl (C=O) groups is 1. The van der Waals surface area contributed by atoms with Crippen molar-refractivity contribution in [3.05, 3.63) is 24.3 Å². The topological polar surface area (TPSA) is 36.0 Å². The summed E-state index contributed by atoms with van der Waals surface area (Å²) >= 11 is 0. The van der Waals surface area contributed by atoms with E-state index < -0.39 is 0 Å². The van der Waals surface area contributed by atoms with Crippen molar-refractivity contribution in [1.82, 2.24) is 9.80 Å². The molecule has 0 unspecified atom stereocenters. The van der Waals surface area contributed by atoms with Crippen LogP contribution in [0.15, 0.2) is 24.3 Å². The van der Waals surface area contributed by atoms with Crippen molar-refractivity contribution >= 4 is 24.0 Å². The van der Waals surface area contributed by atoms with E-state index in [1.165, 1.54) is 12.1 Å². The Morgan fingerprint density at radius 1 is 0.960 bits per heavy atom. The van der Waals surface area contributed by atoms with E-state index in [0.717, 1.165) is 70.8 Å². The summed E-state index contributed by atoms with van der Waals surface area (Å²) in [4.78, 5) is 18.6. The van der Waals surface area contributed by atoms with Gasteiger partial charge in [0, 0.05) is 51.4 Å². The second kappa shape index (κ2) is 9.88. The van der Waals surface area contributed by atoms with E-state index >= 15 is 0 Å². The number of rotatable bonds is 7. The molecule has 0 aromatic heterocycles. The van der Waals surface area contributed by atoms with Gasteiger partial charge < -0.3 is 14.5 Å². The van der Waals surface area contributed by atoms with Gasteiger partial charge in [0.1, 0.15) is 5.75 Å². The Morgan fingerprint density at radius 2 is 1.64 bits per heavy atom. The van der Waals surface area contributed by atoms with Crippen LogP contribution in [0.2, 0.25) is 0 Å². The van der Waals surface area contributed by atoms with Crippen LogP contribution in [0, 0.1) is 0 Å². The Morgan fingerprint density at radius 3 is 2.24 bits per heavy atom. The number of ether oxygens (including phenoxy) is 1. The van der Waals surface area contributed by atoms with E-state index in [0.29, 0.717) is 5.91 Å². The fourth-order valence-electron chi connectivity index (χ4n) is 3.60. The van der Waals surface area contributed by atoms with E-state index in [9.17, 15) is 4.79 Å². The van der Waals surface area contributed by atoms with Crippen LogP contribution in [-0.2, 0) is 4.79 Å². The number of benzene rings is 1. The van der Waals surface area contributed by atoms with Crippen LogP contribution in [0.4, 0.5) is 5.69 Å². The van der Waals surface area contributed by atoms with Gasteiger partial charge in [0.2, 0.25) is 5.91 Å². The third-order valence-corrected chi connectivity index (χ3v) is 5.13. The molecule has 1 aromatic rings. The van der Waals surface area contributed by atoms with Gasteiger partial charge in [-0.25, -0.2) is 0 Å². The standard InChI is InChI=1S/C19H29N3O2.ClH/c1-24-18-8-6-17(7-9-18)21-15-13-20(14-16-21)10-2-3-11-22-12-4-5-19(22)23;/h6-9H,2-5,10-16H2,1H3;1H. The van der Waals surface area contributed by atoms with Crippen LogP contribution in [-0.4, -0.2) is 68.6 Å². The van der Waals surface area contributed by atoms with Crippen LogP contribution in [0.3, 0.4) is 0 Å². The molecule has 0 radical (unpaired) electrons. The first-order valence-electron chi connectivity index (χ1n) is 9.15. The summed E-state index contributed by atoms with van der Waals surface area (Å²) in [6.45, 7) is 7.47. The monoisotopic (exact) mass is 367 g/mol. The van der Waals surface area contributed by atoms with Crippen LogP contribution in [0.25, 0.3) is 0 Å². The molecule has 0 spiro atoms. The summed E-state index contributed by atoms with van der Waals surface area (Å²) in [5.41, 5.74) is 1.28. The van der Waals surface area contributed by atoms with Crippen molar-refractivity contribution in [2.75, 3.05) is 57.8 Å². The number of hydrogen-bond acceptors (Lipinski definition) is 4.